The van der Waals surface area contributed by atoms with Crippen LogP contribution in [-0.2, 0) is 9.59 Å². The first-order valence-corrected chi connectivity index (χ1v) is 8.01. The summed E-state index contributed by atoms with van der Waals surface area (Å²) in [4.78, 5) is 45.4. The molecule has 24 heavy (non-hydrogen) atoms. The van der Waals surface area contributed by atoms with Gasteiger partial charge in [-0.3, -0.25) is 14.9 Å². The molecule has 9 nitrogen and oxygen atoms in total. The molecule has 0 saturated carbocycles. The van der Waals surface area contributed by atoms with Crippen molar-refractivity contribution in [1.29, 1.82) is 0 Å². The molecule has 0 aliphatic carbocycles. The lowest BCUT2D eigenvalue weighted by molar-refractivity contribution is -0.127. The van der Waals surface area contributed by atoms with Crippen LogP contribution >= 0.6 is 0 Å². The second-order valence-electron chi connectivity index (χ2n) is 6.30. The van der Waals surface area contributed by atoms with Crippen LogP contribution in [0.1, 0.15) is 12.8 Å². The summed E-state index contributed by atoms with van der Waals surface area (Å²) in [7, 11) is 1.62. The number of aliphatic imine (C=N–C) groups is 1. The zero-order valence-corrected chi connectivity index (χ0v) is 13.6. The minimum Gasteiger partial charge on any atom is -0.369 e. The average molecular weight is 334 g/mol. The number of urea groups is 1. The number of amides is 4. The Balaban J connectivity index is 1.83. The Morgan fingerprint density at radius 2 is 2.08 bits per heavy atom. The van der Waals surface area contributed by atoms with E-state index in [0.717, 1.165) is 0 Å². The van der Waals surface area contributed by atoms with Crippen LogP contribution in [0.2, 0.25) is 0 Å². The Morgan fingerprint density at radius 1 is 1.42 bits per heavy atom. The highest BCUT2D eigenvalue weighted by Gasteiger charge is 2.49. The molecule has 3 heterocycles. The SMILES string of the molecule is C=CCN1C(N2CCC(C(N)=O)CC2)=NC2C1C(=O)NC(=O)N2C. The molecule has 0 aromatic heterocycles. The van der Waals surface area contributed by atoms with Gasteiger partial charge in [-0.05, 0) is 12.8 Å². The number of likely N-dealkylation sites (tertiary alicyclic amines) is 1. The molecule has 0 radical (unpaired) electrons. The largest absolute Gasteiger partial charge is 0.369 e. The first-order valence-electron chi connectivity index (χ1n) is 8.01. The van der Waals surface area contributed by atoms with Gasteiger partial charge in [0.15, 0.2) is 18.2 Å². The van der Waals surface area contributed by atoms with Crippen molar-refractivity contribution >= 4 is 23.8 Å². The molecule has 2 saturated heterocycles. The number of nitrogens with two attached hydrogens (primary N) is 1. The zero-order valence-electron chi connectivity index (χ0n) is 13.6. The summed E-state index contributed by atoms with van der Waals surface area (Å²) >= 11 is 0. The monoisotopic (exact) mass is 334 g/mol. The normalized spacial score (nSPS) is 27.7. The Labute approximate surface area is 140 Å². The van der Waals surface area contributed by atoms with Gasteiger partial charge in [-0.25, -0.2) is 9.79 Å². The predicted octanol–water partition coefficient (Wildman–Crippen LogP) is -1.08. The lowest BCUT2D eigenvalue weighted by atomic mass is 9.96. The summed E-state index contributed by atoms with van der Waals surface area (Å²) in [5, 5.41) is 2.35. The fourth-order valence-corrected chi connectivity index (χ4v) is 3.47. The third-order valence-corrected chi connectivity index (χ3v) is 4.84. The Bertz CT molecular complexity index is 610. The molecule has 3 aliphatic rings. The van der Waals surface area contributed by atoms with Gasteiger partial charge in [-0.1, -0.05) is 6.08 Å². The number of hydrogen-bond donors (Lipinski definition) is 2. The molecule has 2 fully saturated rings. The molecule has 0 bridgehead atoms. The number of hydrogen-bond acceptors (Lipinski definition) is 6. The lowest BCUT2D eigenvalue weighted by Gasteiger charge is -2.38. The molecule has 3 N–H and O–H groups in total. The van der Waals surface area contributed by atoms with E-state index in [4.69, 9.17) is 5.73 Å². The van der Waals surface area contributed by atoms with Crippen LogP contribution in [0.5, 0.6) is 0 Å². The fourth-order valence-electron chi connectivity index (χ4n) is 3.47. The van der Waals surface area contributed by atoms with E-state index in [2.05, 4.69) is 16.9 Å². The highest BCUT2D eigenvalue weighted by Crippen LogP contribution is 2.27. The molecule has 3 aliphatic heterocycles. The number of carbonyl (C=O) groups is 3. The summed E-state index contributed by atoms with van der Waals surface area (Å²) in [6.45, 7) is 5.47. The van der Waals surface area contributed by atoms with E-state index in [9.17, 15) is 14.4 Å². The van der Waals surface area contributed by atoms with E-state index in [1.807, 2.05) is 9.80 Å². The van der Waals surface area contributed by atoms with Gasteiger partial charge in [-0.15, -0.1) is 6.58 Å². The standard InChI is InChI=1S/C15H22N6O3/c1-3-6-21-10-12(19(2)15(24)18-13(10)23)17-14(21)20-7-4-9(5-8-20)11(16)22/h3,9-10,12H,1,4-8H2,2H3,(H2,16,22)(H,18,23,24). The van der Waals surface area contributed by atoms with Crippen molar-refractivity contribution < 1.29 is 14.4 Å². The molecule has 2 unspecified atom stereocenters. The molecule has 0 aromatic rings. The topological polar surface area (TPSA) is 111 Å². The molecule has 130 valence electrons. The maximum atomic E-state index is 12.3. The molecular formula is C15H22N6O3. The lowest BCUT2D eigenvalue weighted by Crippen LogP contribution is -2.64. The summed E-state index contributed by atoms with van der Waals surface area (Å²) in [5.74, 6) is -0.0736. The summed E-state index contributed by atoms with van der Waals surface area (Å²) in [6.07, 6.45) is 2.48. The number of nitrogens with one attached hydrogen (secondary N) is 1. The number of primary amides is 1. The summed E-state index contributed by atoms with van der Waals surface area (Å²) in [5.41, 5.74) is 5.38. The van der Waals surface area contributed by atoms with Crippen LogP contribution in [0.15, 0.2) is 17.6 Å². The van der Waals surface area contributed by atoms with Crippen LogP contribution in [0, 0.1) is 5.92 Å². The van der Waals surface area contributed by atoms with E-state index in [1.165, 1.54) is 4.90 Å². The quantitative estimate of drug-likeness (QED) is 0.638. The van der Waals surface area contributed by atoms with Crippen LogP contribution in [-0.4, -0.2) is 77.4 Å². The minimum atomic E-state index is -0.561. The van der Waals surface area contributed by atoms with Crippen LogP contribution in [0.25, 0.3) is 0 Å². The van der Waals surface area contributed by atoms with Gasteiger partial charge in [0.05, 0.1) is 0 Å². The van der Waals surface area contributed by atoms with E-state index in [1.54, 1.807) is 13.1 Å². The van der Waals surface area contributed by atoms with E-state index < -0.39 is 18.2 Å². The van der Waals surface area contributed by atoms with Gasteiger partial charge in [0.1, 0.15) is 0 Å². The van der Waals surface area contributed by atoms with Crippen molar-refractivity contribution in [1.82, 2.24) is 20.0 Å². The molecule has 0 aromatic carbocycles. The van der Waals surface area contributed by atoms with E-state index >= 15 is 0 Å². The fraction of sp³-hybridized carbons (Fsp3) is 0.600. The van der Waals surface area contributed by atoms with Gasteiger partial charge in [0, 0.05) is 32.6 Å². The number of guanidine groups is 1. The second-order valence-corrected chi connectivity index (χ2v) is 6.30. The maximum Gasteiger partial charge on any atom is 0.325 e. The van der Waals surface area contributed by atoms with Crippen LogP contribution in [0.4, 0.5) is 4.79 Å². The first-order chi connectivity index (χ1) is 11.4. The summed E-state index contributed by atoms with van der Waals surface area (Å²) < 4.78 is 0. The number of imide groups is 1. The number of carbonyl (C=O) groups excluding carboxylic acids is 3. The number of fused-ring (bicyclic) bond motifs is 1. The van der Waals surface area contributed by atoms with Crippen molar-refractivity contribution in [2.24, 2.45) is 16.6 Å². The molecule has 9 heteroatoms. The van der Waals surface area contributed by atoms with E-state index in [-0.39, 0.29) is 17.7 Å². The molecular weight excluding hydrogens is 312 g/mol. The Hall–Kier alpha value is -2.58. The zero-order chi connectivity index (χ0) is 17.4. The van der Waals surface area contributed by atoms with Gasteiger partial charge >= 0.3 is 6.03 Å². The molecule has 4 amide bonds. The third-order valence-electron chi connectivity index (χ3n) is 4.84. The van der Waals surface area contributed by atoms with Crippen molar-refractivity contribution in [2.75, 3.05) is 26.7 Å². The first kappa shape index (κ1) is 16.3. The predicted molar refractivity (Wildman–Crippen MR) is 86.7 cm³/mol. The number of likely N-dealkylation sites (N-methyl/N-ethyl adjacent to an activating group) is 1. The van der Waals surface area contributed by atoms with Gasteiger partial charge in [0.2, 0.25) is 5.91 Å². The van der Waals surface area contributed by atoms with Gasteiger partial charge in [-0.2, -0.15) is 0 Å². The van der Waals surface area contributed by atoms with Gasteiger partial charge in [0.25, 0.3) is 5.91 Å². The molecule has 3 rings (SSSR count). The average Bonchev–Trinajstić information content (AvgIpc) is 2.93. The smallest absolute Gasteiger partial charge is 0.325 e. The second kappa shape index (κ2) is 6.14. The molecule has 2 atom stereocenters. The van der Waals surface area contributed by atoms with Crippen molar-refractivity contribution in [3.05, 3.63) is 12.7 Å². The van der Waals surface area contributed by atoms with E-state index in [0.29, 0.717) is 38.4 Å². The van der Waals surface area contributed by atoms with Gasteiger partial charge < -0.3 is 20.4 Å². The Morgan fingerprint density at radius 3 is 2.67 bits per heavy atom. The minimum absolute atomic E-state index is 0.120. The van der Waals surface area contributed by atoms with Crippen LogP contribution < -0.4 is 11.1 Å². The third kappa shape index (κ3) is 2.59. The van der Waals surface area contributed by atoms with Crippen molar-refractivity contribution in [2.45, 2.75) is 25.0 Å². The summed E-state index contributed by atoms with van der Waals surface area (Å²) in [6, 6.07) is -1.01. The number of nitrogens with zero attached hydrogens (tertiary/aromatic N) is 4. The number of rotatable bonds is 3. The highest BCUT2D eigenvalue weighted by atomic mass is 16.2. The number of piperidine rings is 1. The molecule has 0 spiro atoms. The van der Waals surface area contributed by atoms with Crippen molar-refractivity contribution in [3.8, 4) is 0 Å². The Kier molecular flexibility index (Phi) is 4.16. The van der Waals surface area contributed by atoms with Crippen molar-refractivity contribution in [3.63, 3.8) is 0 Å². The highest BCUT2D eigenvalue weighted by molar-refractivity contribution is 6.03. The maximum absolute atomic E-state index is 12.3. The van der Waals surface area contributed by atoms with Crippen LogP contribution in [0.3, 0.4) is 0 Å².